The van der Waals surface area contributed by atoms with E-state index in [9.17, 15) is 18.0 Å². The normalized spacial score (nSPS) is 19.7. The molecule has 0 unspecified atom stereocenters. The van der Waals surface area contributed by atoms with E-state index in [2.05, 4.69) is 0 Å². The van der Waals surface area contributed by atoms with Gasteiger partial charge in [-0.15, -0.1) is 0 Å². The molecule has 0 radical (unpaired) electrons. The van der Waals surface area contributed by atoms with E-state index in [4.69, 9.17) is 22.1 Å². The quantitative estimate of drug-likeness (QED) is 0.575. The molecule has 1 heterocycles. The fourth-order valence-electron chi connectivity index (χ4n) is 2.99. The smallest absolute Gasteiger partial charge is 0.340 e. The van der Waals surface area contributed by atoms with Crippen LogP contribution in [0.1, 0.15) is 37.0 Å². The summed E-state index contributed by atoms with van der Waals surface area (Å²) < 4.78 is 28.6. The molecule has 7 nitrogen and oxygen atoms in total. The van der Waals surface area contributed by atoms with Gasteiger partial charge in [0, 0.05) is 22.8 Å². The number of nitrogens with two attached hydrogens (primary N) is 1. The van der Waals surface area contributed by atoms with Crippen LogP contribution in [0.3, 0.4) is 0 Å². The number of ether oxygens (including phenoxy) is 1. The first kappa shape index (κ1) is 20.5. The van der Waals surface area contributed by atoms with Gasteiger partial charge in [-0.2, -0.15) is 0 Å². The van der Waals surface area contributed by atoms with E-state index >= 15 is 0 Å². The minimum absolute atomic E-state index is 0.0573. The predicted molar refractivity (Wildman–Crippen MR) is 99.8 cm³/mol. The molecule has 0 bridgehead atoms. The summed E-state index contributed by atoms with van der Waals surface area (Å²) in [4.78, 5) is 26.3. The first-order valence-electron chi connectivity index (χ1n) is 8.38. The largest absolute Gasteiger partial charge is 0.452 e. The van der Waals surface area contributed by atoms with Crippen LogP contribution in [-0.2, 0) is 19.4 Å². The summed E-state index contributed by atoms with van der Waals surface area (Å²) in [6.45, 7) is 3.28. The van der Waals surface area contributed by atoms with E-state index in [0.29, 0.717) is 17.9 Å². The van der Waals surface area contributed by atoms with Gasteiger partial charge in [0.2, 0.25) is 0 Å². The highest BCUT2D eigenvalue weighted by Crippen LogP contribution is 2.22. The van der Waals surface area contributed by atoms with Gasteiger partial charge >= 0.3 is 5.97 Å². The van der Waals surface area contributed by atoms with Gasteiger partial charge in [-0.1, -0.05) is 18.5 Å². The molecule has 26 heavy (non-hydrogen) atoms. The number of hydrogen-bond donors (Lipinski definition) is 1. The zero-order chi connectivity index (χ0) is 19.5. The van der Waals surface area contributed by atoms with Crippen molar-refractivity contribution in [3.05, 3.63) is 28.8 Å². The molecular weight excluding hydrogens is 380 g/mol. The number of halogens is 1. The maximum Gasteiger partial charge on any atom is 0.340 e. The number of nitrogens with zero attached hydrogens (tertiary/aromatic N) is 1. The van der Waals surface area contributed by atoms with Crippen LogP contribution < -0.4 is 5.73 Å². The molecule has 1 fully saturated rings. The molecular formula is C17H23ClN2O5S. The van der Waals surface area contributed by atoms with Crippen molar-refractivity contribution < 1.29 is 22.7 Å². The van der Waals surface area contributed by atoms with E-state index in [1.165, 1.54) is 17.0 Å². The Balaban J connectivity index is 2.07. The van der Waals surface area contributed by atoms with Gasteiger partial charge in [0.15, 0.2) is 16.4 Å². The second-order valence-corrected chi connectivity index (χ2v) is 9.09. The van der Waals surface area contributed by atoms with Gasteiger partial charge in [0.05, 0.1) is 17.1 Å². The molecule has 2 rings (SSSR count). The van der Waals surface area contributed by atoms with Gasteiger partial charge in [-0.25, -0.2) is 13.2 Å². The van der Waals surface area contributed by atoms with Crippen LogP contribution in [0.4, 0.5) is 5.69 Å². The Labute approximate surface area is 158 Å². The lowest BCUT2D eigenvalue weighted by atomic mass is 10.1. The van der Waals surface area contributed by atoms with Crippen molar-refractivity contribution in [2.24, 2.45) is 0 Å². The fourth-order valence-corrected chi connectivity index (χ4v) is 4.87. The summed E-state index contributed by atoms with van der Waals surface area (Å²) in [6, 6.07) is 3.85. The highest BCUT2D eigenvalue weighted by Gasteiger charge is 2.36. The van der Waals surface area contributed by atoms with E-state index in [0.717, 1.165) is 0 Å². The monoisotopic (exact) mass is 402 g/mol. The number of carbonyl (C=O) groups excluding carboxylic acids is 2. The second kappa shape index (κ2) is 8.26. The Morgan fingerprint density at radius 3 is 2.69 bits per heavy atom. The van der Waals surface area contributed by atoms with Crippen molar-refractivity contribution in [2.75, 3.05) is 23.8 Å². The number of carbonyl (C=O) groups is 2. The molecule has 0 saturated carbocycles. The van der Waals surface area contributed by atoms with E-state index < -0.39 is 34.4 Å². The average Bonchev–Trinajstić information content (AvgIpc) is 2.94. The van der Waals surface area contributed by atoms with Crippen LogP contribution in [0.5, 0.6) is 0 Å². The van der Waals surface area contributed by atoms with Gasteiger partial charge in [-0.3, -0.25) is 4.79 Å². The van der Waals surface area contributed by atoms with Crippen LogP contribution in [0.15, 0.2) is 18.2 Å². The maximum atomic E-state index is 12.6. The molecule has 1 aliphatic rings. The number of anilines is 1. The van der Waals surface area contributed by atoms with Crippen molar-refractivity contribution in [1.82, 2.24) is 4.90 Å². The summed E-state index contributed by atoms with van der Waals surface area (Å²) >= 11 is 5.85. The maximum absolute atomic E-state index is 12.6. The van der Waals surface area contributed by atoms with Gasteiger partial charge in [0.25, 0.3) is 5.91 Å². The van der Waals surface area contributed by atoms with E-state index in [-0.39, 0.29) is 28.8 Å². The lowest BCUT2D eigenvalue weighted by Crippen LogP contribution is -2.48. The Morgan fingerprint density at radius 2 is 2.12 bits per heavy atom. The first-order chi connectivity index (χ1) is 12.1. The summed E-state index contributed by atoms with van der Waals surface area (Å²) in [6.07, 6.45) is 1.06. The number of esters is 1. The highest BCUT2D eigenvalue weighted by atomic mass is 35.5. The Bertz CT molecular complexity index is 796. The molecule has 1 aromatic carbocycles. The summed E-state index contributed by atoms with van der Waals surface area (Å²) in [5.74, 6) is -1.16. The number of benzene rings is 1. The van der Waals surface area contributed by atoms with Crippen molar-refractivity contribution in [3.63, 3.8) is 0 Å². The summed E-state index contributed by atoms with van der Waals surface area (Å²) in [7, 11) is -3.13. The van der Waals surface area contributed by atoms with Crippen molar-refractivity contribution >= 4 is 39.0 Å². The number of amides is 1. The Kier molecular flexibility index (Phi) is 6.52. The van der Waals surface area contributed by atoms with Crippen molar-refractivity contribution in [3.8, 4) is 0 Å². The zero-order valence-electron chi connectivity index (χ0n) is 14.8. The standard InChI is InChI=1S/C17H23ClN2O5S/c1-3-11(2)20(13-6-7-26(23,24)10-13)16(21)9-25-17(22)14-8-12(18)4-5-15(14)19/h4-5,8,11,13H,3,6-7,9-10,19H2,1-2H3/t11-,13-/m0/s1. The molecule has 1 saturated heterocycles. The van der Waals surface area contributed by atoms with Gasteiger partial charge in [-0.05, 0) is 38.0 Å². The number of rotatable bonds is 6. The van der Waals surface area contributed by atoms with Crippen LogP contribution in [0.2, 0.25) is 5.02 Å². The van der Waals surface area contributed by atoms with Gasteiger partial charge in [0.1, 0.15) is 0 Å². The molecule has 144 valence electrons. The SMILES string of the molecule is CC[C@H](C)N(C(=O)COC(=O)c1cc(Cl)ccc1N)[C@H]1CCS(=O)(=O)C1. The first-order valence-corrected chi connectivity index (χ1v) is 10.6. The molecule has 2 atom stereocenters. The molecule has 0 spiro atoms. The Morgan fingerprint density at radius 1 is 1.42 bits per heavy atom. The van der Waals surface area contributed by atoms with Gasteiger partial charge < -0.3 is 15.4 Å². The minimum atomic E-state index is -3.13. The average molecular weight is 403 g/mol. The Hall–Kier alpha value is -1.80. The summed E-state index contributed by atoms with van der Waals surface area (Å²) in [5.41, 5.74) is 6.02. The second-order valence-electron chi connectivity index (χ2n) is 6.42. The number of hydrogen-bond acceptors (Lipinski definition) is 6. The molecule has 1 aliphatic heterocycles. The summed E-state index contributed by atoms with van der Waals surface area (Å²) in [5, 5.41) is 0.329. The molecule has 2 N–H and O–H groups in total. The number of sulfone groups is 1. The number of nitrogen functional groups attached to an aromatic ring is 1. The molecule has 0 aromatic heterocycles. The van der Waals surface area contributed by atoms with Crippen molar-refractivity contribution in [2.45, 2.75) is 38.8 Å². The zero-order valence-corrected chi connectivity index (χ0v) is 16.3. The topological polar surface area (TPSA) is 107 Å². The highest BCUT2D eigenvalue weighted by molar-refractivity contribution is 7.91. The third-order valence-electron chi connectivity index (χ3n) is 4.52. The molecule has 9 heteroatoms. The molecule has 1 aromatic rings. The third-order valence-corrected chi connectivity index (χ3v) is 6.50. The van der Waals surface area contributed by atoms with Crippen LogP contribution in [-0.4, -0.2) is 55.4 Å². The third kappa shape index (κ3) is 4.88. The van der Waals surface area contributed by atoms with Crippen molar-refractivity contribution in [1.29, 1.82) is 0 Å². The minimum Gasteiger partial charge on any atom is -0.452 e. The predicted octanol–water partition coefficient (Wildman–Crippen LogP) is 1.89. The van der Waals surface area contributed by atoms with E-state index in [1.54, 1.807) is 6.07 Å². The lowest BCUT2D eigenvalue weighted by molar-refractivity contribution is -0.138. The van der Waals surface area contributed by atoms with E-state index in [1.807, 2.05) is 13.8 Å². The lowest BCUT2D eigenvalue weighted by Gasteiger charge is -2.33. The fraction of sp³-hybridized carbons (Fsp3) is 0.529. The van der Waals surface area contributed by atoms with Crippen LogP contribution in [0, 0.1) is 0 Å². The van der Waals surface area contributed by atoms with Crippen LogP contribution >= 0.6 is 11.6 Å². The van der Waals surface area contributed by atoms with Crippen LogP contribution in [0.25, 0.3) is 0 Å². The molecule has 1 amide bonds. The molecule has 0 aliphatic carbocycles.